The number of anilines is 1. The van der Waals surface area contributed by atoms with E-state index < -0.39 is 32.8 Å². The number of likely N-dealkylation sites (tertiary alicyclic amines) is 1. The van der Waals surface area contributed by atoms with Gasteiger partial charge in [-0.25, -0.2) is 13.4 Å². The van der Waals surface area contributed by atoms with E-state index in [2.05, 4.69) is 21.1 Å². The molecule has 3 fully saturated rings. The van der Waals surface area contributed by atoms with Crippen molar-refractivity contribution in [2.75, 3.05) is 11.9 Å². The highest BCUT2D eigenvalue weighted by Crippen LogP contribution is 2.44. The van der Waals surface area contributed by atoms with Crippen LogP contribution in [0.3, 0.4) is 0 Å². The van der Waals surface area contributed by atoms with Gasteiger partial charge in [-0.05, 0) is 64.2 Å². The maximum Gasteiger partial charge on any atom is 0.245 e. The number of hydrogen-bond donors (Lipinski definition) is 3. The minimum atomic E-state index is -3.57. The summed E-state index contributed by atoms with van der Waals surface area (Å²) in [5.74, 6) is -1.10. The highest BCUT2D eigenvalue weighted by atomic mass is 32.2. The van der Waals surface area contributed by atoms with Gasteiger partial charge in [0.05, 0.1) is 4.75 Å². The van der Waals surface area contributed by atoms with E-state index in [1.54, 1.807) is 18.0 Å². The number of allylic oxidation sites excluding steroid dienone is 2. The minimum Gasteiger partial charge on any atom is -0.368 e. The first kappa shape index (κ1) is 27.6. The third kappa shape index (κ3) is 6.90. The Kier molecular flexibility index (Phi) is 8.57. The van der Waals surface area contributed by atoms with Crippen LogP contribution in [0.15, 0.2) is 23.7 Å². The normalized spacial score (nSPS) is 25.1. The number of nitrogens with one attached hydrogen (secondary N) is 2. The number of carbonyl (C=O) groups excluding carboxylic acids is 3. The number of rotatable bonds is 14. The summed E-state index contributed by atoms with van der Waals surface area (Å²) in [6, 6.07) is -0.995. The van der Waals surface area contributed by atoms with E-state index in [0.717, 1.165) is 32.1 Å². The summed E-state index contributed by atoms with van der Waals surface area (Å²) in [7, 11) is -3.57. The van der Waals surface area contributed by atoms with Crippen LogP contribution in [0.25, 0.3) is 0 Å². The van der Waals surface area contributed by atoms with Crippen molar-refractivity contribution in [3.05, 3.63) is 23.7 Å². The number of nitrogens with zero attached hydrogens (tertiary/aromatic N) is 2. The lowest BCUT2D eigenvalue weighted by Gasteiger charge is -2.27. The van der Waals surface area contributed by atoms with Crippen molar-refractivity contribution in [1.82, 2.24) is 14.6 Å². The molecule has 37 heavy (non-hydrogen) atoms. The van der Waals surface area contributed by atoms with Crippen molar-refractivity contribution >= 4 is 44.2 Å². The molecule has 4 atom stereocenters. The lowest BCUT2D eigenvalue weighted by atomic mass is 10.0. The van der Waals surface area contributed by atoms with Gasteiger partial charge in [0.2, 0.25) is 27.7 Å². The standard InChI is InChI=1S/C25H37N5O5S2/c1-25(11-12-25)37(34,35)29-22(32)18-16-17(18)8-5-3-2-4-6-9-19(28-24-27-13-15-36-24)23(33)30-14-7-10-20(30)21(26)31/h5,8,13,15,17-20H,2-4,6-7,9-12,14,16H2,1H3,(H2,26,31)(H,27,28)(H,29,32)/b8-5-/t17-,18+,19+,20+/m1/s1. The van der Waals surface area contributed by atoms with Gasteiger partial charge in [0.15, 0.2) is 5.13 Å². The van der Waals surface area contributed by atoms with Crippen LogP contribution >= 0.6 is 11.3 Å². The Balaban J connectivity index is 1.17. The van der Waals surface area contributed by atoms with E-state index in [0.29, 0.717) is 43.8 Å². The van der Waals surface area contributed by atoms with E-state index in [1.807, 2.05) is 11.5 Å². The lowest BCUT2D eigenvalue weighted by molar-refractivity contribution is -0.138. The van der Waals surface area contributed by atoms with Gasteiger partial charge < -0.3 is 16.0 Å². The minimum absolute atomic E-state index is 0.102. The average molecular weight is 552 g/mol. The number of hydrogen-bond acceptors (Lipinski definition) is 8. The maximum absolute atomic E-state index is 13.2. The fraction of sp³-hybridized carbons (Fsp3) is 0.680. The Labute approximate surface area is 222 Å². The molecule has 0 spiro atoms. The van der Waals surface area contributed by atoms with Crippen molar-refractivity contribution in [1.29, 1.82) is 0 Å². The number of nitrogens with two attached hydrogens (primary N) is 1. The Morgan fingerprint density at radius 1 is 1.30 bits per heavy atom. The van der Waals surface area contributed by atoms with Crippen LogP contribution in [0.2, 0.25) is 0 Å². The van der Waals surface area contributed by atoms with Crippen LogP contribution in [0, 0.1) is 11.8 Å². The number of amides is 3. The van der Waals surface area contributed by atoms with Crippen molar-refractivity contribution in [2.45, 2.75) is 88.0 Å². The second-order valence-corrected chi connectivity index (χ2v) is 13.7. The third-order valence-corrected chi connectivity index (χ3v) is 10.5. The number of unbranched alkanes of at least 4 members (excludes halogenated alkanes) is 3. The maximum atomic E-state index is 13.2. The molecule has 0 aromatic carbocycles. The fourth-order valence-electron chi connectivity index (χ4n) is 4.79. The lowest BCUT2D eigenvalue weighted by Crippen LogP contribution is -2.49. The van der Waals surface area contributed by atoms with Gasteiger partial charge in [-0.3, -0.25) is 19.1 Å². The van der Waals surface area contributed by atoms with E-state index >= 15 is 0 Å². The van der Waals surface area contributed by atoms with Crippen molar-refractivity contribution in [2.24, 2.45) is 17.6 Å². The molecule has 3 aliphatic rings. The monoisotopic (exact) mass is 551 g/mol. The first-order valence-electron chi connectivity index (χ1n) is 13.1. The second kappa shape index (κ2) is 11.5. The molecule has 1 aromatic rings. The van der Waals surface area contributed by atoms with Crippen LogP contribution in [0.5, 0.6) is 0 Å². The average Bonchev–Trinajstić information content (AvgIpc) is 3.65. The predicted molar refractivity (Wildman–Crippen MR) is 142 cm³/mol. The van der Waals surface area contributed by atoms with Gasteiger partial charge in [0.1, 0.15) is 12.1 Å². The van der Waals surface area contributed by atoms with Crippen molar-refractivity contribution < 1.29 is 22.8 Å². The number of aromatic nitrogens is 1. The summed E-state index contributed by atoms with van der Waals surface area (Å²) in [6.45, 7) is 2.21. The molecule has 12 heteroatoms. The van der Waals surface area contributed by atoms with Gasteiger partial charge in [-0.2, -0.15) is 0 Å². The highest BCUT2D eigenvalue weighted by molar-refractivity contribution is 7.91. The molecule has 10 nitrogen and oxygen atoms in total. The van der Waals surface area contributed by atoms with E-state index in [1.165, 1.54) is 11.3 Å². The quantitative estimate of drug-likeness (QED) is 0.237. The molecular formula is C25H37N5O5S2. The molecule has 1 saturated heterocycles. The predicted octanol–water partition coefficient (Wildman–Crippen LogP) is 2.54. The topological polar surface area (TPSA) is 152 Å². The van der Waals surface area contributed by atoms with Gasteiger partial charge in [-0.1, -0.05) is 25.0 Å². The van der Waals surface area contributed by atoms with Gasteiger partial charge in [0, 0.05) is 24.0 Å². The third-order valence-electron chi connectivity index (χ3n) is 7.65. The number of carbonyl (C=O) groups is 3. The van der Waals surface area contributed by atoms with Crippen molar-refractivity contribution in [3.8, 4) is 0 Å². The molecule has 0 unspecified atom stereocenters. The van der Waals surface area contributed by atoms with Gasteiger partial charge in [0.25, 0.3) is 0 Å². The van der Waals surface area contributed by atoms with Crippen LogP contribution in [0.1, 0.15) is 71.1 Å². The molecule has 1 aromatic heterocycles. The smallest absolute Gasteiger partial charge is 0.245 e. The molecule has 2 heterocycles. The van der Waals surface area contributed by atoms with Crippen LogP contribution < -0.4 is 15.8 Å². The SMILES string of the molecule is CC1(S(=O)(=O)NC(=O)[C@H]2C[C@H]2/C=C\CCCCC[C@H](Nc2nccs2)C(=O)N2CCC[C@H]2C(N)=O)CC1. The highest BCUT2D eigenvalue weighted by Gasteiger charge is 2.52. The van der Waals surface area contributed by atoms with Crippen LogP contribution in [-0.2, 0) is 24.4 Å². The summed E-state index contributed by atoms with van der Waals surface area (Å²) in [5, 5.41) is 5.76. The summed E-state index contributed by atoms with van der Waals surface area (Å²) in [6.07, 6.45) is 13.2. The van der Waals surface area contributed by atoms with Crippen LogP contribution in [-0.4, -0.2) is 59.4 Å². The zero-order valence-electron chi connectivity index (χ0n) is 21.2. The Morgan fingerprint density at radius 2 is 2.08 bits per heavy atom. The zero-order valence-corrected chi connectivity index (χ0v) is 22.9. The first-order valence-corrected chi connectivity index (χ1v) is 15.5. The molecule has 0 radical (unpaired) electrons. The summed E-state index contributed by atoms with van der Waals surface area (Å²) in [5.41, 5.74) is 5.51. The molecule has 1 aliphatic heterocycles. The Bertz CT molecular complexity index is 1120. The van der Waals surface area contributed by atoms with Gasteiger partial charge in [-0.15, -0.1) is 11.3 Å². The summed E-state index contributed by atoms with van der Waals surface area (Å²) < 4.78 is 25.9. The molecule has 4 N–H and O–H groups in total. The Hall–Kier alpha value is -2.47. The molecule has 2 aliphatic carbocycles. The van der Waals surface area contributed by atoms with Crippen molar-refractivity contribution in [3.63, 3.8) is 0 Å². The number of primary amides is 1. The second-order valence-electron chi connectivity index (χ2n) is 10.6. The largest absolute Gasteiger partial charge is 0.368 e. The zero-order chi connectivity index (χ0) is 26.6. The van der Waals surface area contributed by atoms with E-state index in [4.69, 9.17) is 5.73 Å². The fourth-order valence-corrected chi connectivity index (χ4v) is 6.68. The van der Waals surface area contributed by atoms with E-state index in [9.17, 15) is 22.8 Å². The molecule has 3 amide bonds. The Morgan fingerprint density at radius 3 is 2.76 bits per heavy atom. The summed E-state index contributed by atoms with van der Waals surface area (Å²) in [4.78, 5) is 43.1. The first-order chi connectivity index (χ1) is 17.6. The van der Waals surface area contributed by atoms with Crippen LogP contribution in [0.4, 0.5) is 5.13 Å². The number of sulfonamides is 1. The molecule has 204 valence electrons. The molecule has 4 rings (SSSR count). The van der Waals surface area contributed by atoms with Gasteiger partial charge >= 0.3 is 0 Å². The molecule has 2 saturated carbocycles. The summed E-state index contributed by atoms with van der Waals surface area (Å²) >= 11 is 1.43. The molecule has 0 bridgehead atoms. The number of thiazole rings is 1. The van der Waals surface area contributed by atoms with E-state index in [-0.39, 0.29) is 23.7 Å². The molecular weight excluding hydrogens is 514 g/mol.